The highest BCUT2D eigenvalue weighted by Crippen LogP contribution is 2.36. The third kappa shape index (κ3) is 5.58. The predicted octanol–water partition coefficient (Wildman–Crippen LogP) is 4.79. The van der Waals surface area contributed by atoms with Crippen molar-refractivity contribution < 1.29 is 22.3 Å². The van der Waals surface area contributed by atoms with E-state index in [2.05, 4.69) is 20.0 Å². The minimum absolute atomic E-state index is 0.108. The number of pyridine rings is 2. The number of carbonyl (C=O) groups excluding carboxylic acids is 1. The molecule has 0 atom stereocenters. The number of amides is 1. The number of methoxy groups -OCH3 is 1. The zero-order chi connectivity index (χ0) is 30.0. The molecule has 0 aliphatic heterocycles. The number of halogens is 2. The van der Waals surface area contributed by atoms with Gasteiger partial charge in [0, 0.05) is 52.5 Å². The predicted molar refractivity (Wildman–Crippen MR) is 158 cm³/mol. The molecule has 2 aromatic carbocycles. The lowest BCUT2D eigenvalue weighted by Crippen LogP contribution is -2.33. The van der Waals surface area contributed by atoms with Crippen LogP contribution in [-0.4, -0.2) is 42.5 Å². The number of hydrogen-bond donors (Lipinski definition) is 3. The number of hydrogen-bond acceptors (Lipinski definition) is 7. The summed E-state index contributed by atoms with van der Waals surface area (Å²) in [6, 6.07) is 14.6. The Labute approximate surface area is 245 Å². The lowest BCUT2D eigenvalue weighted by molar-refractivity contribution is 0.0974. The molecule has 1 amide bonds. The molecule has 0 spiro atoms. The van der Waals surface area contributed by atoms with Crippen molar-refractivity contribution in [2.75, 3.05) is 19.0 Å². The normalized spacial score (nSPS) is 11.4. The second-order valence-electron chi connectivity index (χ2n) is 9.19. The van der Waals surface area contributed by atoms with E-state index in [9.17, 15) is 22.4 Å². The average molecular weight is 610 g/mol. The number of nitrogens with one attached hydrogen (secondary N) is 3. The highest BCUT2D eigenvalue weighted by Gasteiger charge is 2.29. The molecule has 0 radical (unpaired) electrons. The Kier molecular flexibility index (Phi) is 8.01. The monoisotopic (exact) mass is 609 g/mol. The van der Waals surface area contributed by atoms with Crippen LogP contribution in [0.3, 0.4) is 0 Å². The molecule has 3 aromatic heterocycles. The van der Waals surface area contributed by atoms with Gasteiger partial charge < -0.3 is 19.6 Å². The largest absolute Gasteiger partial charge is 0.494 e. The van der Waals surface area contributed by atoms with Crippen LogP contribution in [0.5, 0.6) is 5.75 Å². The zero-order valence-electron chi connectivity index (χ0n) is 22.4. The number of aromatic amines is 1. The summed E-state index contributed by atoms with van der Waals surface area (Å²) in [5, 5.41) is 3.94. The first kappa shape index (κ1) is 28.8. The number of ether oxygens (including phenoxy) is 1. The summed E-state index contributed by atoms with van der Waals surface area (Å²) < 4.78 is 49.5. The quantitative estimate of drug-likeness (QED) is 0.219. The number of aromatic nitrogens is 3. The van der Waals surface area contributed by atoms with Crippen molar-refractivity contribution in [1.29, 1.82) is 0 Å². The average Bonchev–Trinajstić information content (AvgIpc) is 3.26. The van der Waals surface area contributed by atoms with Crippen molar-refractivity contribution >= 4 is 44.3 Å². The molecule has 0 saturated carbocycles. The van der Waals surface area contributed by atoms with E-state index in [1.165, 1.54) is 19.4 Å². The van der Waals surface area contributed by atoms with Crippen LogP contribution in [0.4, 0.5) is 10.2 Å². The maximum Gasteiger partial charge on any atom is 0.282 e. The first-order valence-electron chi connectivity index (χ1n) is 12.7. The number of rotatable bonds is 9. The van der Waals surface area contributed by atoms with Crippen molar-refractivity contribution in [2.45, 2.75) is 18.4 Å². The smallest absolute Gasteiger partial charge is 0.282 e. The van der Waals surface area contributed by atoms with Crippen LogP contribution in [0, 0.1) is 5.82 Å². The Bertz CT molecular complexity index is 1990. The van der Waals surface area contributed by atoms with Gasteiger partial charge in [0.25, 0.3) is 21.5 Å². The van der Waals surface area contributed by atoms with E-state index < -0.39 is 32.2 Å². The zero-order valence-corrected chi connectivity index (χ0v) is 24.0. The number of benzene rings is 2. The van der Waals surface area contributed by atoms with E-state index in [1.807, 2.05) is 6.92 Å². The van der Waals surface area contributed by atoms with Gasteiger partial charge >= 0.3 is 0 Å². The van der Waals surface area contributed by atoms with Crippen LogP contribution in [0.2, 0.25) is 5.02 Å². The molecule has 5 aromatic rings. The summed E-state index contributed by atoms with van der Waals surface area (Å²) in [7, 11) is -3.31. The summed E-state index contributed by atoms with van der Waals surface area (Å²) >= 11 is 6.35. The van der Waals surface area contributed by atoms with E-state index in [4.69, 9.17) is 16.3 Å². The van der Waals surface area contributed by atoms with E-state index in [0.29, 0.717) is 28.3 Å². The molecular weight excluding hydrogens is 585 g/mol. The Morgan fingerprint density at radius 3 is 2.67 bits per heavy atom. The van der Waals surface area contributed by atoms with E-state index in [-0.39, 0.29) is 29.1 Å². The summed E-state index contributed by atoms with van der Waals surface area (Å²) in [6.45, 7) is 2.68. The number of fused-ring (bicyclic) bond motifs is 1. The fourth-order valence-corrected chi connectivity index (χ4v) is 5.83. The SMILES string of the molecule is CCNc1cc(Cn2c(C(=O)NS(=O)(=O)c3ccc(OC)c(F)c3)c(-c3ccc[nH]c3=O)c3cc(Cl)ccc32)ccn1. The van der Waals surface area contributed by atoms with Crippen molar-refractivity contribution in [2.24, 2.45) is 0 Å². The Morgan fingerprint density at radius 1 is 1.14 bits per heavy atom. The molecular formula is C29H25ClFN5O5S. The fourth-order valence-electron chi connectivity index (χ4n) is 4.69. The van der Waals surface area contributed by atoms with Gasteiger partial charge in [-0.15, -0.1) is 0 Å². The summed E-state index contributed by atoms with van der Waals surface area (Å²) in [5.74, 6) is -1.48. The molecule has 0 aliphatic carbocycles. The molecule has 0 unspecified atom stereocenters. The first-order chi connectivity index (χ1) is 20.1. The van der Waals surface area contributed by atoms with Gasteiger partial charge in [-0.3, -0.25) is 9.59 Å². The molecule has 0 bridgehead atoms. The fraction of sp³-hybridized carbons (Fsp3) is 0.138. The Balaban J connectivity index is 1.72. The van der Waals surface area contributed by atoms with Crippen molar-refractivity contribution in [3.8, 4) is 16.9 Å². The molecule has 216 valence electrons. The van der Waals surface area contributed by atoms with E-state index in [0.717, 1.165) is 23.8 Å². The minimum atomic E-state index is -4.55. The second kappa shape index (κ2) is 11.7. The van der Waals surface area contributed by atoms with Crippen molar-refractivity contribution in [3.63, 3.8) is 0 Å². The van der Waals surface area contributed by atoms with Crippen LogP contribution in [-0.2, 0) is 16.6 Å². The number of nitrogens with zero attached hydrogens (tertiary/aromatic N) is 2. The molecule has 0 saturated heterocycles. The number of carbonyl (C=O) groups is 1. The van der Waals surface area contributed by atoms with Gasteiger partial charge in [-0.05, 0) is 73.2 Å². The maximum absolute atomic E-state index is 14.4. The number of H-pyrrole nitrogens is 1. The van der Waals surface area contributed by atoms with Gasteiger partial charge in [0.2, 0.25) is 0 Å². The van der Waals surface area contributed by atoms with Crippen LogP contribution >= 0.6 is 11.6 Å². The topological polar surface area (TPSA) is 135 Å². The van der Waals surface area contributed by atoms with Gasteiger partial charge in [-0.1, -0.05) is 11.6 Å². The molecule has 3 N–H and O–H groups in total. The summed E-state index contributed by atoms with van der Waals surface area (Å²) in [4.78, 5) is 33.4. The van der Waals surface area contributed by atoms with Crippen molar-refractivity contribution in [1.82, 2.24) is 19.3 Å². The first-order valence-corrected chi connectivity index (χ1v) is 14.6. The van der Waals surface area contributed by atoms with Crippen LogP contribution < -0.4 is 20.3 Å². The van der Waals surface area contributed by atoms with E-state index in [1.54, 1.807) is 47.2 Å². The van der Waals surface area contributed by atoms with Gasteiger partial charge in [0.1, 0.15) is 11.5 Å². The van der Waals surface area contributed by atoms with Gasteiger partial charge in [-0.25, -0.2) is 22.5 Å². The summed E-state index contributed by atoms with van der Waals surface area (Å²) in [6.07, 6.45) is 3.06. The molecule has 0 aliphatic rings. The number of anilines is 1. The molecule has 10 nitrogen and oxygen atoms in total. The lowest BCUT2D eigenvalue weighted by atomic mass is 10.0. The lowest BCUT2D eigenvalue weighted by Gasteiger charge is -2.14. The van der Waals surface area contributed by atoms with Crippen LogP contribution in [0.15, 0.2) is 82.7 Å². The molecule has 3 heterocycles. The Morgan fingerprint density at radius 2 is 1.95 bits per heavy atom. The van der Waals surface area contributed by atoms with Crippen molar-refractivity contribution in [3.05, 3.63) is 106 Å². The van der Waals surface area contributed by atoms with Gasteiger partial charge in [-0.2, -0.15) is 0 Å². The molecule has 13 heteroatoms. The maximum atomic E-state index is 14.4. The third-order valence-corrected chi connectivity index (χ3v) is 8.08. The van der Waals surface area contributed by atoms with Gasteiger partial charge in [0.05, 0.1) is 12.0 Å². The molecule has 0 fully saturated rings. The third-order valence-electron chi connectivity index (χ3n) is 6.51. The van der Waals surface area contributed by atoms with Crippen LogP contribution in [0.1, 0.15) is 23.0 Å². The minimum Gasteiger partial charge on any atom is -0.494 e. The van der Waals surface area contributed by atoms with Crippen LogP contribution in [0.25, 0.3) is 22.0 Å². The number of sulfonamides is 1. The molecule has 5 rings (SSSR count). The van der Waals surface area contributed by atoms with Gasteiger partial charge in [0.15, 0.2) is 11.6 Å². The van der Waals surface area contributed by atoms with E-state index >= 15 is 0 Å². The summed E-state index contributed by atoms with van der Waals surface area (Å²) in [5.41, 5.74) is 0.980. The Hall–Kier alpha value is -4.68. The highest BCUT2D eigenvalue weighted by molar-refractivity contribution is 7.90. The highest BCUT2D eigenvalue weighted by atomic mass is 35.5. The standard InChI is InChI=1S/C29H25ClFN5O5S/c1-3-32-25-13-17(10-12-33-25)16-36-23-8-6-18(30)14-21(23)26(20-5-4-11-34-28(20)37)27(36)29(38)35-42(39,40)19-7-9-24(41-2)22(31)15-19/h4-15H,3,16H2,1-2H3,(H,32,33)(H,34,37)(H,35,38). The molecule has 42 heavy (non-hydrogen) atoms. The second-order valence-corrected chi connectivity index (χ2v) is 11.3.